The van der Waals surface area contributed by atoms with Gasteiger partial charge in [-0.05, 0) is 151 Å². The van der Waals surface area contributed by atoms with Gasteiger partial charge in [-0.25, -0.2) is 13.1 Å². The third kappa shape index (κ3) is 9.79. The Morgan fingerprint density at radius 1 is 0.986 bits per heavy atom. The molecule has 3 unspecified atom stereocenters. The molecule has 388 valence electrons. The average Bonchev–Trinajstić information content (AvgIpc) is 3.97. The molecule has 4 amide bonds. The van der Waals surface area contributed by atoms with Crippen molar-refractivity contribution in [2.24, 2.45) is 39.6 Å². The van der Waals surface area contributed by atoms with Crippen molar-refractivity contribution in [1.29, 1.82) is 0 Å². The number of ether oxygens (including phenoxy) is 1. The van der Waals surface area contributed by atoms with Crippen LogP contribution >= 0.6 is 0 Å². The van der Waals surface area contributed by atoms with E-state index in [1.165, 1.54) is 0 Å². The van der Waals surface area contributed by atoms with Gasteiger partial charge in [-0.2, -0.15) is 0 Å². The van der Waals surface area contributed by atoms with Gasteiger partial charge in [-0.15, -0.1) is 0 Å². The van der Waals surface area contributed by atoms with E-state index in [0.29, 0.717) is 80.1 Å². The van der Waals surface area contributed by atoms with Crippen LogP contribution in [0.2, 0.25) is 0 Å². The Balaban J connectivity index is 0.715. The van der Waals surface area contributed by atoms with Gasteiger partial charge in [0.2, 0.25) is 23.7 Å². The van der Waals surface area contributed by atoms with Crippen LogP contribution in [0.5, 0.6) is 5.75 Å². The molecule has 0 aromatic heterocycles. The third-order valence-corrected chi connectivity index (χ3v) is 18.7. The molecule has 0 bridgehead atoms. The highest BCUT2D eigenvalue weighted by Gasteiger charge is 2.80. The molecule has 2 aromatic rings. The predicted molar refractivity (Wildman–Crippen MR) is 268 cm³/mol. The summed E-state index contributed by atoms with van der Waals surface area (Å²) in [7, 11) is -1.27. The zero-order valence-corrected chi connectivity index (χ0v) is 44.0. The SMILES string of the molecule is Cc1c(C)c(S(=O)(=O)NC(N)=NCCC[C@H](N)C(=O)N(C)CCCCC(=O)N(C)Cc2ccc(C(=O)N[C@H](C)C(=O)N3C[C@@H](O)C[C@H]3B3OC4C5C[C@@H]6C[C@@H](C56C)[C@]4(C)O3)cc2)c(C)c2c1OC(C)(C)C2. The van der Waals surface area contributed by atoms with Gasteiger partial charge in [-0.3, -0.25) is 24.2 Å². The highest BCUT2D eigenvalue weighted by molar-refractivity contribution is 7.90. The Morgan fingerprint density at radius 3 is 2.38 bits per heavy atom. The second-order valence-corrected chi connectivity index (χ2v) is 24.0. The molecule has 10 atom stereocenters. The largest absolute Gasteiger partial charge is 0.487 e. The number of carbonyl (C=O) groups is 4. The Bertz CT molecular complexity index is 2580. The number of nitrogens with two attached hydrogens (primary N) is 2. The summed E-state index contributed by atoms with van der Waals surface area (Å²) in [5, 5.41) is 13.5. The number of carbonyl (C=O) groups excluding carboxylic acids is 4. The molecule has 2 aromatic carbocycles. The minimum Gasteiger partial charge on any atom is -0.487 e. The number of fused-ring (bicyclic) bond motifs is 4. The van der Waals surface area contributed by atoms with Gasteiger partial charge in [0.1, 0.15) is 17.4 Å². The molecule has 6 aliphatic rings. The van der Waals surface area contributed by atoms with Crippen molar-refractivity contribution < 1.29 is 46.7 Å². The van der Waals surface area contributed by atoms with Crippen LogP contribution in [0.1, 0.15) is 124 Å². The number of amides is 4. The van der Waals surface area contributed by atoms with E-state index in [1.807, 2.05) is 20.8 Å². The molecule has 0 radical (unpaired) electrons. The molecule has 20 heteroatoms. The lowest BCUT2D eigenvalue weighted by Crippen LogP contribution is -2.61. The molecule has 5 fully saturated rings. The number of nitrogens with one attached hydrogen (secondary N) is 2. The highest BCUT2D eigenvalue weighted by Crippen LogP contribution is 2.79. The van der Waals surface area contributed by atoms with Gasteiger partial charge < -0.3 is 50.6 Å². The van der Waals surface area contributed by atoms with E-state index in [9.17, 15) is 32.7 Å². The number of aliphatic imine (C=N–C) groups is 1. The molecule has 3 heterocycles. The van der Waals surface area contributed by atoms with E-state index < -0.39 is 58.4 Å². The first-order valence-corrected chi connectivity index (χ1v) is 26.9. The molecule has 71 heavy (non-hydrogen) atoms. The topological polar surface area (TPSA) is 249 Å². The van der Waals surface area contributed by atoms with Gasteiger partial charge in [0, 0.05) is 64.2 Å². The van der Waals surface area contributed by atoms with E-state index in [4.69, 9.17) is 25.5 Å². The van der Waals surface area contributed by atoms with Crippen LogP contribution < -0.4 is 26.2 Å². The monoisotopic (exact) mass is 1000 g/mol. The number of hydrogen-bond acceptors (Lipinski definition) is 12. The van der Waals surface area contributed by atoms with Crippen molar-refractivity contribution in [3.63, 3.8) is 0 Å². The Hall–Kier alpha value is -4.76. The summed E-state index contributed by atoms with van der Waals surface area (Å²) in [6, 6.07) is 5.26. The molecular weight excluding hydrogens is 927 g/mol. The fraction of sp³-hybridized carbons (Fsp3) is 0.667. The highest BCUT2D eigenvalue weighted by atomic mass is 32.2. The summed E-state index contributed by atoms with van der Waals surface area (Å²) in [4.78, 5) is 62.3. The molecule has 0 spiro atoms. The summed E-state index contributed by atoms with van der Waals surface area (Å²) in [5.41, 5.74) is 15.8. The second kappa shape index (κ2) is 19.6. The van der Waals surface area contributed by atoms with Crippen molar-refractivity contribution in [3.05, 3.63) is 57.6 Å². The second-order valence-electron chi connectivity index (χ2n) is 22.4. The number of aliphatic hydroxyl groups excluding tert-OH is 1. The summed E-state index contributed by atoms with van der Waals surface area (Å²) in [6.07, 6.45) is 4.69. The van der Waals surface area contributed by atoms with Gasteiger partial charge in [0.25, 0.3) is 15.9 Å². The number of nitrogens with zero attached hydrogens (tertiary/aromatic N) is 4. The lowest BCUT2D eigenvalue weighted by Gasteiger charge is -2.64. The summed E-state index contributed by atoms with van der Waals surface area (Å²) >= 11 is 0. The van der Waals surface area contributed by atoms with Gasteiger partial charge in [-0.1, -0.05) is 19.1 Å². The number of likely N-dealkylation sites (N-methyl/N-ethyl adjacent to an activating group) is 1. The van der Waals surface area contributed by atoms with Crippen LogP contribution in [0.4, 0.5) is 0 Å². The number of rotatable bonds is 18. The van der Waals surface area contributed by atoms with Crippen molar-refractivity contribution in [2.75, 3.05) is 33.7 Å². The lowest BCUT2D eigenvalue weighted by molar-refractivity contribution is -0.176. The number of guanidine groups is 1. The Kier molecular flexibility index (Phi) is 14.5. The van der Waals surface area contributed by atoms with E-state index in [-0.39, 0.29) is 59.6 Å². The fourth-order valence-corrected chi connectivity index (χ4v) is 14.4. The molecule has 2 saturated heterocycles. The smallest absolute Gasteiger partial charge is 0.482 e. The maximum Gasteiger partial charge on any atom is 0.482 e. The Labute approximate surface area is 419 Å². The summed E-state index contributed by atoms with van der Waals surface area (Å²) in [6.45, 7) is 16.6. The molecule has 3 aliphatic heterocycles. The molecule has 18 nitrogen and oxygen atoms in total. The molecule has 7 N–H and O–H groups in total. The first-order valence-electron chi connectivity index (χ1n) is 25.4. The average molecular weight is 1000 g/mol. The standard InChI is InChI=1S/C51H75BN8O10S/c1-28-29(2)43(30(3)36-25-49(5,6)68-42(28)36)71(66,67)57-48(54)55-20-13-14-38(53)47(65)58(9)21-12-11-15-41(62)59(10)26-32-16-18-33(19-17-32)45(63)56-31(4)46(64)60-27-35(61)24-40(60)52-69-44-37-22-34-23-39(50(34,37)7)51(44,8)70-52/h16-19,31,34-35,37-40,44,61H,11-15,20-27,53H2,1-10H3,(H,56,63)(H3,54,55,57)/t31-,34-,35+,37?,38+,39+,40+,44?,50?,51+/m1/s1. The van der Waals surface area contributed by atoms with Crippen molar-refractivity contribution in [2.45, 2.75) is 166 Å². The van der Waals surface area contributed by atoms with E-state index in [0.717, 1.165) is 41.2 Å². The molecule has 3 aliphatic carbocycles. The Morgan fingerprint density at radius 2 is 1.69 bits per heavy atom. The maximum atomic E-state index is 13.8. The van der Waals surface area contributed by atoms with Gasteiger partial charge >= 0.3 is 7.12 Å². The van der Waals surface area contributed by atoms with E-state index in [1.54, 1.807) is 73.8 Å². The first-order chi connectivity index (χ1) is 33.3. The lowest BCUT2D eigenvalue weighted by atomic mass is 9.41. The number of β-amino-alcohol motifs (C(OH)–C–C–N with tert-alkyl or cyclic N) is 1. The zero-order valence-electron chi connectivity index (χ0n) is 43.2. The van der Waals surface area contributed by atoms with Crippen LogP contribution in [-0.4, -0.2) is 140 Å². The quantitative estimate of drug-likeness (QED) is 0.0625. The van der Waals surface area contributed by atoms with Crippen LogP contribution in [0, 0.1) is 43.9 Å². The number of benzene rings is 2. The maximum absolute atomic E-state index is 13.8. The van der Waals surface area contributed by atoms with Gasteiger partial charge in [0.15, 0.2) is 0 Å². The van der Waals surface area contributed by atoms with Crippen LogP contribution in [0.3, 0.4) is 0 Å². The number of unbranched alkanes of at least 4 members (excludes halogenated alkanes) is 1. The normalized spacial score (nSPS) is 28.7. The number of sulfonamides is 1. The van der Waals surface area contributed by atoms with Crippen molar-refractivity contribution in [1.82, 2.24) is 24.7 Å². The molecule has 8 rings (SSSR count). The number of likely N-dealkylation sites (tertiary alicyclic amines) is 1. The van der Waals surface area contributed by atoms with E-state index >= 15 is 0 Å². The number of hydrogen-bond donors (Lipinski definition) is 5. The minimum atomic E-state index is -4.04. The van der Waals surface area contributed by atoms with Crippen LogP contribution in [-0.2, 0) is 46.7 Å². The number of aliphatic hydroxyl groups is 1. The predicted octanol–water partition coefficient (Wildman–Crippen LogP) is 3.27. The first kappa shape index (κ1) is 52.6. The zero-order chi connectivity index (χ0) is 51.7. The van der Waals surface area contributed by atoms with Crippen molar-refractivity contribution >= 4 is 46.7 Å². The van der Waals surface area contributed by atoms with Crippen LogP contribution in [0.15, 0.2) is 34.2 Å². The molecule has 3 saturated carbocycles. The molecular formula is C51H75BN8O10S. The fourth-order valence-electron chi connectivity index (χ4n) is 12.9. The van der Waals surface area contributed by atoms with Crippen LogP contribution in [0.25, 0.3) is 0 Å². The van der Waals surface area contributed by atoms with E-state index in [2.05, 4.69) is 28.9 Å². The van der Waals surface area contributed by atoms with Crippen molar-refractivity contribution in [3.8, 4) is 5.75 Å². The van der Waals surface area contributed by atoms with Gasteiger partial charge in [0.05, 0.1) is 34.7 Å². The summed E-state index contributed by atoms with van der Waals surface area (Å²) < 4.78 is 48.8. The third-order valence-electron chi connectivity index (χ3n) is 17.0. The minimum absolute atomic E-state index is 0.0110. The summed E-state index contributed by atoms with van der Waals surface area (Å²) in [5.74, 6) is 0.683.